The number of allylic oxidation sites excluding steroid dienone is 1. The van der Waals surface area contributed by atoms with E-state index in [4.69, 9.17) is 13.6 Å². The number of furan rings is 2. The van der Waals surface area contributed by atoms with Crippen LogP contribution >= 0.6 is 0 Å². The number of rotatable bonds is 5. The summed E-state index contributed by atoms with van der Waals surface area (Å²) in [5, 5.41) is 0.956. The van der Waals surface area contributed by atoms with Crippen LogP contribution in [0.3, 0.4) is 0 Å². The molecule has 0 saturated carbocycles. The molecule has 35 heavy (non-hydrogen) atoms. The Kier molecular flexibility index (Phi) is 6.14. The van der Waals surface area contributed by atoms with E-state index in [2.05, 4.69) is 0 Å². The normalized spacial score (nSPS) is 14.4. The molecule has 2 aromatic heterocycles. The fourth-order valence-electron chi connectivity index (χ4n) is 4.41. The molecule has 5 rings (SSSR count). The number of carbonyl (C=O) groups is 2. The Morgan fingerprint density at radius 1 is 0.943 bits per heavy atom. The Hall–Kier alpha value is -4.26. The second-order valence-corrected chi connectivity index (χ2v) is 8.49. The first-order chi connectivity index (χ1) is 17.0. The summed E-state index contributed by atoms with van der Waals surface area (Å²) in [6.07, 6.45) is 4.87. The maximum absolute atomic E-state index is 13.1. The second kappa shape index (κ2) is 9.54. The summed E-state index contributed by atoms with van der Waals surface area (Å²) in [4.78, 5) is 29.0. The van der Waals surface area contributed by atoms with E-state index in [1.807, 2.05) is 49.4 Å². The van der Waals surface area contributed by atoms with Gasteiger partial charge >= 0.3 is 0 Å². The molecule has 0 aliphatic carbocycles. The first-order valence-electron chi connectivity index (χ1n) is 11.5. The van der Waals surface area contributed by atoms with Crippen molar-refractivity contribution in [3.05, 3.63) is 84.5 Å². The molecule has 1 aliphatic rings. The second-order valence-electron chi connectivity index (χ2n) is 8.49. The predicted molar refractivity (Wildman–Crippen MR) is 133 cm³/mol. The monoisotopic (exact) mass is 470 g/mol. The maximum Gasteiger partial charge on any atom is 0.289 e. The number of methoxy groups -OCH3 is 1. The molecule has 4 aromatic rings. The summed E-state index contributed by atoms with van der Waals surface area (Å²) in [6.45, 7) is 3.75. The van der Waals surface area contributed by atoms with Crippen LogP contribution in [0.15, 0.2) is 82.0 Å². The summed E-state index contributed by atoms with van der Waals surface area (Å²) in [5.74, 6) is 0.713. The smallest absolute Gasteiger partial charge is 0.289 e. The number of amides is 2. The molecule has 3 heterocycles. The number of ether oxygens (including phenoxy) is 1. The molecular formula is C28H26N2O5. The van der Waals surface area contributed by atoms with Gasteiger partial charge in [0.15, 0.2) is 5.76 Å². The third-order valence-corrected chi connectivity index (χ3v) is 6.36. The summed E-state index contributed by atoms with van der Waals surface area (Å²) in [5.41, 5.74) is 4.39. The van der Waals surface area contributed by atoms with Crippen LogP contribution in [0.2, 0.25) is 0 Å². The molecule has 1 saturated heterocycles. The van der Waals surface area contributed by atoms with Gasteiger partial charge in [0.25, 0.3) is 5.91 Å². The van der Waals surface area contributed by atoms with Crippen LogP contribution in [0, 0.1) is 0 Å². The molecule has 0 radical (unpaired) electrons. The Morgan fingerprint density at radius 3 is 2.37 bits per heavy atom. The van der Waals surface area contributed by atoms with Gasteiger partial charge in [0, 0.05) is 54.8 Å². The van der Waals surface area contributed by atoms with E-state index >= 15 is 0 Å². The molecule has 0 N–H and O–H groups in total. The number of piperazine rings is 1. The zero-order valence-corrected chi connectivity index (χ0v) is 19.7. The molecule has 0 bridgehead atoms. The lowest BCUT2D eigenvalue weighted by Gasteiger charge is -2.33. The largest absolute Gasteiger partial charge is 0.496 e. The van der Waals surface area contributed by atoms with Crippen LogP contribution in [-0.2, 0) is 4.79 Å². The number of nitrogens with zero attached hydrogens (tertiary/aromatic N) is 2. The summed E-state index contributed by atoms with van der Waals surface area (Å²) in [7, 11) is 1.61. The van der Waals surface area contributed by atoms with Crippen LogP contribution in [0.1, 0.15) is 23.0 Å². The average Bonchev–Trinajstić information content (AvgIpc) is 3.58. The fourth-order valence-corrected chi connectivity index (χ4v) is 4.41. The van der Waals surface area contributed by atoms with E-state index in [1.54, 1.807) is 41.4 Å². The van der Waals surface area contributed by atoms with Gasteiger partial charge < -0.3 is 23.4 Å². The number of hydrogen-bond donors (Lipinski definition) is 0. The van der Waals surface area contributed by atoms with Crippen molar-refractivity contribution < 1.29 is 23.2 Å². The van der Waals surface area contributed by atoms with Crippen molar-refractivity contribution in [3.8, 4) is 16.9 Å². The van der Waals surface area contributed by atoms with Crippen molar-refractivity contribution >= 4 is 28.4 Å². The number of benzene rings is 2. The minimum absolute atomic E-state index is 0.0924. The van der Waals surface area contributed by atoms with Gasteiger partial charge in [-0.2, -0.15) is 0 Å². The molecule has 0 unspecified atom stereocenters. The molecule has 7 nitrogen and oxygen atoms in total. The zero-order valence-electron chi connectivity index (χ0n) is 19.7. The average molecular weight is 471 g/mol. The molecule has 1 aliphatic heterocycles. The standard InChI is InChI=1S/C28H26N2O5/c1-19(15-27(31)29-10-12-30(13-11-29)28(32)24-9-6-14-34-24)21-16-22-23(20-7-4-3-5-8-20)18-35-26(22)17-25(21)33-2/h3-9,14-18H,10-13H2,1-2H3/b19-15+. The lowest BCUT2D eigenvalue weighted by atomic mass is 9.99. The Labute approximate surface area is 203 Å². The van der Waals surface area contributed by atoms with E-state index in [-0.39, 0.29) is 11.8 Å². The minimum atomic E-state index is -0.152. The van der Waals surface area contributed by atoms with Crippen LogP contribution in [0.5, 0.6) is 5.75 Å². The van der Waals surface area contributed by atoms with Gasteiger partial charge in [-0.15, -0.1) is 0 Å². The molecule has 7 heteroatoms. The lowest BCUT2D eigenvalue weighted by Crippen LogP contribution is -2.50. The Morgan fingerprint density at radius 2 is 1.69 bits per heavy atom. The van der Waals surface area contributed by atoms with Gasteiger partial charge in [-0.05, 0) is 36.3 Å². The highest BCUT2D eigenvalue weighted by atomic mass is 16.5. The Balaban J connectivity index is 1.36. The first-order valence-corrected chi connectivity index (χ1v) is 11.5. The van der Waals surface area contributed by atoms with E-state index in [0.717, 1.165) is 33.2 Å². The Bertz CT molecular complexity index is 1380. The van der Waals surface area contributed by atoms with Crippen LogP contribution < -0.4 is 4.74 Å². The van der Waals surface area contributed by atoms with Gasteiger partial charge in [-0.25, -0.2) is 0 Å². The zero-order chi connectivity index (χ0) is 24.4. The molecular weight excluding hydrogens is 444 g/mol. The van der Waals surface area contributed by atoms with Crippen molar-refractivity contribution in [1.82, 2.24) is 9.80 Å². The van der Waals surface area contributed by atoms with Crippen molar-refractivity contribution in [2.75, 3.05) is 33.3 Å². The summed E-state index contributed by atoms with van der Waals surface area (Å²) >= 11 is 0. The predicted octanol–water partition coefficient (Wildman–Crippen LogP) is 5.09. The van der Waals surface area contributed by atoms with E-state index in [9.17, 15) is 9.59 Å². The molecule has 2 aromatic carbocycles. The number of carbonyl (C=O) groups excluding carboxylic acids is 2. The molecule has 1 fully saturated rings. The van der Waals surface area contributed by atoms with E-state index < -0.39 is 0 Å². The summed E-state index contributed by atoms with van der Waals surface area (Å²) in [6, 6.07) is 17.3. The molecule has 178 valence electrons. The maximum atomic E-state index is 13.1. The van der Waals surface area contributed by atoms with Crippen LogP contribution in [-0.4, -0.2) is 54.9 Å². The number of fused-ring (bicyclic) bond motifs is 1. The van der Waals surface area contributed by atoms with Gasteiger partial charge in [0.1, 0.15) is 11.3 Å². The van der Waals surface area contributed by atoms with Gasteiger partial charge in [-0.3, -0.25) is 9.59 Å². The van der Waals surface area contributed by atoms with Gasteiger partial charge in [-0.1, -0.05) is 30.3 Å². The van der Waals surface area contributed by atoms with Crippen molar-refractivity contribution in [2.45, 2.75) is 6.92 Å². The molecule has 0 spiro atoms. The molecule has 2 amide bonds. The van der Waals surface area contributed by atoms with Crippen LogP contribution in [0.4, 0.5) is 0 Å². The first kappa shape index (κ1) is 22.5. The molecule has 0 atom stereocenters. The highest BCUT2D eigenvalue weighted by molar-refractivity contribution is 6.00. The number of hydrogen-bond acceptors (Lipinski definition) is 5. The quantitative estimate of drug-likeness (QED) is 0.380. The highest BCUT2D eigenvalue weighted by Gasteiger charge is 2.25. The lowest BCUT2D eigenvalue weighted by molar-refractivity contribution is -0.127. The SMILES string of the molecule is COc1cc2occ(-c3ccccc3)c2cc1/C(C)=C/C(=O)N1CCN(C(=O)c2ccco2)CC1. The van der Waals surface area contributed by atoms with Crippen molar-refractivity contribution in [3.63, 3.8) is 0 Å². The van der Waals surface area contributed by atoms with Gasteiger partial charge in [0.05, 0.1) is 19.6 Å². The topological polar surface area (TPSA) is 76.1 Å². The summed E-state index contributed by atoms with van der Waals surface area (Å²) < 4.78 is 16.6. The fraction of sp³-hybridized carbons (Fsp3) is 0.214. The van der Waals surface area contributed by atoms with Gasteiger partial charge in [0.2, 0.25) is 5.91 Å². The van der Waals surface area contributed by atoms with E-state index in [0.29, 0.717) is 37.7 Å². The van der Waals surface area contributed by atoms with Crippen LogP contribution in [0.25, 0.3) is 27.7 Å². The third-order valence-electron chi connectivity index (χ3n) is 6.36. The van der Waals surface area contributed by atoms with Crippen molar-refractivity contribution in [2.24, 2.45) is 0 Å². The third kappa shape index (κ3) is 4.45. The minimum Gasteiger partial charge on any atom is -0.496 e. The van der Waals surface area contributed by atoms with E-state index in [1.165, 1.54) is 6.26 Å². The highest BCUT2D eigenvalue weighted by Crippen LogP contribution is 2.37. The van der Waals surface area contributed by atoms with Crippen molar-refractivity contribution in [1.29, 1.82) is 0 Å².